The first kappa shape index (κ1) is 23.8. The van der Waals surface area contributed by atoms with E-state index in [0.29, 0.717) is 22.6 Å². The van der Waals surface area contributed by atoms with Crippen LogP contribution in [0.5, 0.6) is 11.5 Å². The number of nitrogens with zero attached hydrogens (tertiary/aromatic N) is 1. The molecule has 2 N–H and O–H groups in total. The smallest absolute Gasteiger partial charge is 0.295 e. The minimum Gasteiger partial charge on any atom is -0.507 e. The molecule has 0 bridgehead atoms. The van der Waals surface area contributed by atoms with E-state index in [2.05, 4.69) is 15.9 Å². The number of rotatable bonds is 9. The van der Waals surface area contributed by atoms with Crippen LogP contribution in [0.4, 0.5) is 0 Å². The van der Waals surface area contributed by atoms with Crippen LogP contribution < -0.4 is 9.47 Å². The number of benzene rings is 2. The summed E-state index contributed by atoms with van der Waals surface area (Å²) in [5.41, 5.74) is 0.886. The highest BCUT2D eigenvalue weighted by molar-refractivity contribution is 9.10. The highest BCUT2D eigenvalue weighted by atomic mass is 79.9. The van der Waals surface area contributed by atoms with Crippen molar-refractivity contribution in [3.8, 4) is 11.5 Å². The molecule has 2 aromatic rings. The molecule has 2 aromatic carbocycles. The Kier molecular flexibility index (Phi) is 7.89. The molecular weight excluding hydrogens is 482 g/mol. The summed E-state index contributed by atoms with van der Waals surface area (Å²) in [4.78, 5) is 27.3. The highest BCUT2D eigenvalue weighted by Gasteiger charge is 2.47. The van der Waals surface area contributed by atoms with Gasteiger partial charge in [0, 0.05) is 28.2 Å². The quantitative estimate of drug-likeness (QED) is 0.233. The zero-order valence-electron chi connectivity index (χ0n) is 17.7. The maximum absolute atomic E-state index is 13.0. The topological polar surface area (TPSA) is 106 Å². The Morgan fingerprint density at radius 1 is 1.06 bits per heavy atom. The normalized spacial score (nSPS) is 17.6. The van der Waals surface area contributed by atoms with Crippen LogP contribution in [0.3, 0.4) is 0 Å². The number of ketones is 1. The Bertz CT molecular complexity index is 1020. The standard InChI is InChI=1S/C23H24BrNO7/c1-30-16-7-8-17(18(13-16)31-2)20-19(21(27)14-3-5-15(24)6-4-14)22(28)23(29)25(20)9-11-32-12-10-26/h3-8,13,20,26-27H,9-12H2,1-2H3/b21-19+. The van der Waals surface area contributed by atoms with E-state index in [9.17, 15) is 14.7 Å². The number of amides is 1. The first-order chi connectivity index (χ1) is 15.4. The molecule has 170 valence electrons. The van der Waals surface area contributed by atoms with Crippen LogP contribution in [0.15, 0.2) is 52.5 Å². The molecule has 0 saturated carbocycles. The summed E-state index contributed by atoms with van der Waals surface area (Å²) in [6, 6.07) is 10.9. The zero-order chi connectivity index (χ0) is 23.3. The SMILES string of the molecule is COc1ccc(C2/C(=C(\O)c3ccc(Br)cc3)C(=O)C(=O)N2CCOCCO)c(OC)c1. The lowest BCUT2D eigenvalue weighted by molar-refractivity contribution is -0.140. The van der Waals surface area contributed by atoms with Gasteiger partial charge in [-0.2, -0.15) is 0 Å². The van der Waals surface area contributed by atoms with Gasteiger partial charge in [-0.25, -0.2) is 0 Å². The predicted octanol–water partition coefficient (Wildman–Crippen LogP) is 2.90. The lowest BCUT2D eigenvalue weighted by atomic mass is 9.94. The molecule has 1 saturated heterocycles. The number of ether oxygens (including phenoxy) is 3. The van der Waals surface area contributed by atoms with Crippen LogP contribution in [-0.2, 0) is 14.3 Å². The van der Waals surface area contributed by atoms with Crippen molar-refractivity contribution in [2.45, 2.75) is 6.04 Å². The molecule has 0 aliphatic carbocycles. The van der Waals surface area contributed by atoms with Gasteiger partial charge in [-0.15, -0.1) is 0 Å². The number of halogens is 1. The number of aliphatic hydroxyl groups is 2. The minimum atomic E-state index is -0.891. The van der Waals surface area contributed by atoms with Crippen molar-refractivity contribution < 1.29 is 34.0 Å². The second-order valence-corrected chi connectivity index (χ2v) is 7.86. The highest BCUT2D eigenvalue weighted by Crippen LogP contribution is 2.43. The van der Waals surface area contributed by atoms with Crippen LogP contribution in [-0.4, -0.2) is 67.4 Å². The zero-order valence-corrected chi connectivity index (χ0v) is 19.3. The number of carbonyl (C=O) groups excluding carboxylic acids is 2. The van der Waals surface area contributed by atoms with Gasteiger partial charge in [0.05, 0.1) is 45.7 Å². The van der Waals surface area contributed by atoms with Gasteiger partial charge in [0.1, 0.15) is 17.3 Å². The average molecular weight is 506 g/mol. The summed E-state index contributed by atoms with van der Waals surface area (Å²) in [5.74, 6) is -0.881. The number of likely N-dealkylation sites (tertiary alicyclic amines) is 1. The van der Waals surface area contributed by atoms with Crippen molar-refractivity contribution in [2.24, 2.45) is 0 Å². The first-order valence-corrected chi connectivity index (χ1v) is 10.7. The summed E-state index contributed by atoms with van der Waals surface area (Å²) < 4.78 is 16.9. The van der Waals surface area contributed by atoms with E-state index in [4.69, 9.17) is 19.3 Å². The monoisotopic (exact) mass is 505 g/mol. The maximum atomic E-state index is 13.0. The second-order valence-electron chi connectivity index (χ2n) is 6.94. The number of Topliss-reactive ketones (excluding diaryl/α,β-unsaturated/α-hetero) is 1. The predicted molar refractivity (Wildman–Crippen MR) is 121 cm³/mol. The number of aliphatic hydroxyl groups excluding tert-OH is 2. The summed E-state index contributed by atoms with van der Waals surface area (Å²) in [6.07, 6.45) is 0. The maximum Gasteiger partial charge on any atom is 0.295 e. The molecule has 0 aromatic heterocycles. The van der Waals surface area contributed by atoms with E-state index < -0.39 is 17.7 Å². The second kappa shape index (κ2) is 10.6. The molecule has 1 aliphatic heterocycles. The van der Waals surface area contributed by atoms with E-state index in [-0.39, 0.29) is 37.7 Å². The summed E-state index contributed by atoms with van der Waals surface area (Å²) in [6.45, 7) is 0.153. The van der Waals surface area contributed by atoms with Gasteiger partial charge in [-0.3, -0.25) is 9.59 Å². The molecule has 1 fully saturated rings. The average Bonchev–Trinajstić information content (AvgIpc) is 3.06. The molecule has 1 heterocycles. The Labute approximate surface area is 194 Å². The van der Waals surface area contributed by atoms with Crippen molar-refractivity contribution in [1.82, 2.24) is 4.90 Å². The molecule has 1 atom stereocenters. The lowest BCUT2D eigenvalue weighted by Gasteiger charge is -2.26. The molecule has 1 unspecified atom stereocenters. The van der Waals surface area contributed by atoms with Crippen molar-refractivity contribution in [1.29, 1.82) is 0 Å². The van der Waals surface area contributed by atoms with Crippen LogP contribution in [0, 0.1) is 0 Å². The molecule has 1 aliphatic rings. The number of methoxy groups -OCH3 is 2. The van der Waals surface area contributed by atoms with Crippen molar-refractivity contribution in [3.63, 3.8) is 0 Å². The summed E-state index contributed by atoms with van der Waals surface area (Å²) >= 11 is 3.34. The van der Waals surface area contributed by atoms with Gasteiger partial charge in [0.15, 0.2) is 0 Å². The van der Waals surface area contributed by atoms with Gasteiger partial charge < -0.3 is 29.3 Å². The number of carbonyl (C=O) groups is 2. The molecular formula is C23H24BrNO7. The van der Waals surface area contributed by atoms with Crippen molar-refractivity contribution in [2.75, 3.05) is 40.6 Å². The van der Waals surface area contributed by atoms with Crippen LogP contribution in [0.2, 0.25) is 0 Å². The number of hydrogen-bond donors (Lipinski definition) is 2. The van der Waals surface area contributed by atoms with E-state index in [1.54, 1.807) is 42.5 Å². The van der Waals surface area contributed by atoms with Crippen LogP contribution in [0.1, 0.15) is 17.2 Å². The molecule has 0 radical (unpaired) electrons. The fourth-order valence-electron chi connectivity index (χ4n) is 3.57. The third-order valence-electron chi connectivity index (χ3n) is 5.11. The molecule has 3 rings (SSSR count). The van der Waals surface area contributed by atoms with Crippen LogP contribution >= 0.6 is 15.9 Å². The van der Waals surface area contributed by atoms with Gasteiger partial charge in [0.25, 0.3) is 11.7 Å². The molecule has 0 spiro atoms. The van der Waals surface area contributed by atoms with Crippen molar-refractivity contribution in [3.05, 3.63) is 63.6 Å². The molecule has 9 heteroatoms. The van der Waals surface area contributed by atoms with Gasteiger partial charge in [-0.05, 0) is 24.3 Å². The third-order valence-corrected chi connectivity index (χ3v) is 5.63. The lowest BCUT2D eigenvalue weighted by Crippen LogP contribution is -2.33. The van der Waals surface area contributed by atoms with E-state index in [0.717, 1.165) is 4.47 Å². The van der Waals surface area contributed by atoms with Gasteiger partial charge >= 0.3 is 0 Å². The van der Waals surface area contributed by atoms with Gasteiger partial charge in [-0.1, -0.05) is 28.1 Å². The van der Waals surface area contributed by atoms with E-state index >= 15 is 0 Å². The molecule has 8 nitrogen and oxygen atoms in total. The largest absolute Gasteiger partial charge is 0.507 e. The minimum absolute atomic E-state index is 0.0389. The fraction of sp³-hybridized carbons (Fsp3) is 0.304. The Balaban J connectivity index is 2.14. The third kappa shape index (κ3) is 4.79. The Morgan fingerprint density at radius 3 is 2.41 bits per heavy atom. The van der Waals surface area contributed by atoms with E-state index in [1.165, 1.54) is 19.1 Å². The Hall–Kier alpha value is -2.88. The van der Waals surface area contributed by atoms with Crippen molar-refractivity contribution >= 4 is 33.4 Å². The first-order valence-electron chi connectivity index (χ1n) is 9.87. The van der Waals surface area contributed by atoms with E-state index in [1.807, 2.05) is 0 Å². The van der Waals surface area contributed by atoms with Crippen LogP contribution in [0.25, 0.3) is 5.76 Å². The molecule has 1 amide bonds. The summed E-state index contributed by atoms with van der Waals surface area (Å²) in [7, 11) is 3.00. The Morgan fingerprint density at radius 2 is 1.78 bits per heavy atom. The molecule has 32 heavy (non-hydrogen) atoms. The number of hydrogen-bond acceptors (Lipinski definition) is 7. The summed E-state index contributed by atoms with van der Waals surface area (Å²) in [5, 5.41) is 20.0. The van der Waals surface area contributed by atoms with Gasteiger partial charge in [0.2, 0.25) is 0 Å². The fourth-order valence-corrected chi connectivity index (χ4v) is 3.84.